The second-order valence-corrected chi connectivity index (χ2v) is 7.41. The van der Waals surface area contributed by atoms with Crippen LogP contribution in [0.15, 0.2) is 48.5 Å². The number of methoxy groups -OCH3 is 1. The Hall–Kier alpha value is -2.50. The summed E-state index contributed by atoms with van der Waals surface area (Å²) in [7, 11) is 1.67. The van der Waals surface area contributed by atoms with Gasteiger partial charge in [0, 0.05) is 42.5 Å². The monoisotopic (exact) mass is 428 g/mol. The molecule has 0 amide bonds. The maximum Gasteiger partial charge on any atom is 0.122 e. The summed E-state index contributed by atoms with van der Waals surface area (Å²) in [6.07, 6.45) is 1.38. The molecule has 1 saturated heterocycles. The van der Waals surface area contributed by atoms with E-state index in [1.54, 1.807) is 7.11 Å². The highest BCUT2D eigenvalue weighted by Gasteiger charge is 2.24. The smallest absolute Gasteiger partial charge is 0.122 e. The average Bonchev–Trinajstić information content (AvgIpc) is 3.20. The Labute approximate surface area is 184 Å². The van der Waals surface area contributed by atoms with E-state index in [1.165, 1.54) is 5.69 Å². The minimum atomic E-state index is 0. The Morgan fingerprint density at radius 3 is 2.77 bits per heavy atom. The largest absolute Gasteiger partial charge is 0.497 e. The topological polar surface area (TPSA) is 43.8 Å². The molecule has 1 atom stereocenters. The average molecular weight is 429 g/mol. The summed E-state index contributed by atoms with van der Waals surface area (Å²) in [6.45, 7) is 7.30. The lowest BCUT2D eigenvalue weighted by Gasteiger charge is -2.21. The molecule has 1 aliphatic rings. The lowest BCUT2D eigenvalue weighted by molar-refractivity contribution is 0.0788. The number of hydrogen-bond acceptors (Lipinski definition) is 5. The maximum atomic E-state index is 6.02. The third kappa shape index (κ3) is 4.97. The van der Waals surface area contributed by atoms with Crippen molar-refractivity contribution in [2.24, 2.45) is 0 Å². The first kappa shape index (κ1) is 22.2. The third-order valence-electron chi connectivity index (χ3n) is 5.32. The molecule has 5 nitrogen and oxygen atoms in total. The van der Waals surface area contributed by atoms with Gasteiger partial charge in [0.2, 0.25) is 0 Å². The van der Waals surface area contributed by atoms with Crippen LogP contribution < -0.4 is 14.4 Å². The fourth-order valence-electron chi connectivity index (χ4n) is 3.92. The zero-order chi connectivity index (χ0) is 20.2. The van der Waals surface area contributed by atoms with Gasteiger partial charge >= 0.3 is 0 Å². The van der Waals surface area contributed by atoms with Gasteiger partial charge in [-0.05, 0) is 56.2 Å². The van der Waals surface area contributed by atoms with Crippen LogP contribution >= 0.6 is 12.4 Å². The summed E-state index contributed by atoms with van der Waals surface area (Å²) in [5, 5.41) is 1.15. The van der Waals surface area contributed by atoms with E-state index in [2.05, 4.69) is 24.0 Å². The highest BCUT2D eigenvalue weighted by molar-refractivity contribution is 5.93. The molecule has 0 N–H and O–H groups in total. The van der Waals surface area contributed by atoms with Gasteiger partial charge in [0.15, 0.2) is 0 Å². The van der Waals surface area contributed by atoms with Crippen molar-refractivity contribution in [2.75, 3.05) is 31.7 Å². The van der Waals surface area contributed by atoms with Crippen molar-refractivity contribution < 1.29 is 14.2 Å². The first-order valence-electron chi connectivity index (χ1n) is 10.2. The first-order valence-corrected chi connectivity index (χ1v) is 10.2. The fourth-order valence-corrected chi connectivity index (χ4v) is 3.92. The Balaban J connectivity index is 0.00000256. The number of hydrogen-bond donors (Lipinski definition) is 0. The highest BCUT2D eigenvalue weighted by Crippen LogP contribution is 2.32. The number of fused-ring (bicyclic) bond motifs is 1. The zero-order valence-corrected chi connectivity index (χ0v) is 18.6. The van der Waals surface area contributed by atoms with Crippen LogP contribution in [-0.4, -0.2) is 37.9 Å². The summed E-state index contributed by atoms with van der Waals surface area (Å²) in [5.74, 6) is 1.65. The van der Waals surface area contributed by atoms with Crippen LogP contribution in [0, 0.1) is 6.92 Å². The van der Waals surface area contributed by atoms with E-state index in [0.717, 1.165) is 59.8 Å². The van der Waals surface area contributed by atoms with E-state index in [4.69, 9.17) is 19.2 Å². The number of ether oxygens (including phenoxy) is 3. The molecule has 3 aromatic rings. The van der Waals surface area contributed by atoms with Gasteiger partial charge in [-0.1, -0.05) is 12.1 Å². The summed E-state index contributed by atoms with van der Waals surface area (Å²) < 4.78 is 17.1. The lowest BCUT2D eigenvalue weighted by Crippen LogP contribution is -2.23. The van der Waals surface area contributed by atoms with E-state index in [-0.39, 0.29) is 12.4 Å². The van der Waals surface area contributed by atoms with Crippen LogP contribution in [0.5, 0.6) is 11.5 Å². The second-order valence-electron chi connectivity index (χ2n) is 7.41. The van der Waals surface area contributed by atoms with Crippen molar-refractivity contribution in [2.45, 2.75) is 33.0 Å². The fraction of sp³-hybridized carbons (Fsp3) is 0.375. The number of anilines is 1. The van der Waals surface area contributed by atoms with Crippen molar-refractivity contribution >= 4 is 29.0 Å². The summed E-state index contributed by atoms with van der Waals surface area (Å²) in [4.78, 5) is 7.16. The van der Waals surface area contributed by atoms with Gasteiger partial charge in [0.25, 0.3) is 0 Å². The van der Waals surface area contributed by atoms with Gasteiger partial charge < -0.3 is 19.1 Å². The van der Waals surface area contributed by atoms with Crippen LogP contribution in [0.1, 0.15) is 24.6 Å². The first-order chi connectivity index (χ1) is 14.2. The molecule has 1 aliphatic heterocycles. The minimum Gasteiger partial charge on any atom is -0.497 e. The Bertz CT molecular complexity index is 995. The summed E-state index contributed by atoms with van der Waals surface area (Å²) in [5.41, 5.74) is 4.27. The molecule has 4 rings (SSSR count). The molecule has 30 heavy (non-hydrogen) atoms. The maximum absolute atomic E-state index is 6.02. The quantitative estimate of drug-likeness (QED) is 0.519. The van der Waals surface area contributed by atoms with Gasteiger partial charge in [-0.25, -0.2) is 0 Å². The van der Waals surface area contributed by atoms with Crippen molar-refractivity contribution in [3.63, 3.8) is 0 Å². The molecule has 0 unspecified atom stereocenters. The summed E-state index contributed by atoms with van der Waals surface area (Å²) >= 11 is 0. The zero-order valence-electron chi connectivity index (χ0n) is 17.8. The highest BCUT2D eigenvalue weighted by atomic mass is 35.5. The lowest BCUT2D eigenvalue weighted by atomic mass is 10.1. The number of benzene rings is 2. The van der Waals surface area contributed by atoms with Crippen molar-refractivity contribution in [3.8, 4) is 11.5 Å². The van der Waals surface area contributed by atoms with Crippen molar-refractivity contribution in [1.82, 2.24) is 4.98 Å². The molecular weight excluding hydrogens is 400 g/mol. The molecule has 0 aliphatic carbocycles. The molecule has 0 saturated carbocycles. The molecule has 2 heterocycles. The van der Waals surface area contributed by atoms with E-state index in [0.29, 0.717) is 12.7 Å². The summed E-state index contributed by atoms with van der Waals surface area (Å²) in [6, 6.07) is 16.3. The molecule has 0 radical (unpaired) electrons. The number of rotatable bonds is 7. The van der Waals surface area contributed by atoms with Crippen LogP contribution in [0.2, 0.25) is 0 Å². The number of pyridine rings is 1. The van der Waals surface area contributed by atoms with Crippen molar-refractivity contribution in [1.29, 1.82) is 0 Å². The number of aryl methyl sites for hydroxylation is 1. The molecule has 1 fully saturated rings. The molecule has 1 aromatic heterocycles. The molecule has 2 aromatic carbocycles. The Morgan fingerprint density at radius 2 is 1.97 bits per heavy atom. The van der Waals surface area contributed by atoms with Gasteiger partial charge in [-0.2, -0.15) is 0 Å². The number of nitrogens with zero attached hydrogens (tertiary/aromatic N) is 2. The number of halogens is 1. The Morgan fingerprint density at radius 1 is 1.10 bits per heavy atom. The van der Waals surface area contributed by atoms with Crippen molar-refractivity contribution in [3.05, 3.63) is 59.8 Å². The molecule has 6 heteroatoms. The van der Waals surface area contributed by atoms with Crippen LogP contribution in [0.25, 0.3) is 10.9 Å². The van der Waals surface area contributed by atoms with Crippen LogP contribution in [-0.2, 0) is 11.3 Å². The van der Waals surface area contributed by atoms with E-state index in [1.807, 2.05) is 43.3 Å². The predicted molar refractivity (Wildman–Crippen MR) is 123 cm³/mol. The standard InChI is InChI=1S/C24H28N2O3.ClH/c1-4-28-21-10-11-26(15-21)24-12-17(2)25-23-14-20(8-9-22(23)24)29-16-18-6-5-7-19(13-18)27-3;/h5-9,12-14,21H,4,10-11,15-16H2,1-3H3;1H/t21-;/m0./s1. The second kappa shape index (κ2) is 10.0. The van der Waals surface area contributed by atoms with E-state index < -0.39 is 0 Å². The number of aromatic nitrogens is 1. The molecule has 0 spiro atoms. The molecule has 160 valence electrons. The normalized spacial score (nSPS) is 15.8. The van der Waals surface area contributed by atoms with E-state index in [9.17, 15) is 0 Å². The van der Waals surface area contributed by atoms with Crippen LogP contribution in [0.4, 0.5) is 5.69 Å². The molecule has 0 bridgehead atoms. The van der Waals surface area contributed by atoms with Gasteiger partial charge in [0.05, 0.1) is 18.7 Å². The third-order valence-corrected chi connectivity index (χ3v) is 5.32. The van der Waals surface area contributed by atoms with E-state index >= 15 is 0 Å². The van der Waals surface area contributed by atoms with Gasteiger partial charge in [0.1, 0.15) is 18.1 Å². The Kier molecular flexibility index (Phi) is 7.40. The minimum absolute atomic E-state index is 0. The molecular formula is C24H29ClN2O3. The predicted octanol–water partition coefficient (Wildman–Crippen LogP) is 5.17. The van der Waals surface area contributed by atoms with Crippen LogP contribution in [0.3, 0.4) is 0 Å². The van der Waals surface area contributed by atoms with Gasteiger partial charge in [-0.15, -0.1) is 12.4 Å². The van der Waals surface area contributed by atoms with Gasteiger partial charge in [-0.3, -0.25) is 4.98 Å². The SMILES string of the molecule is CCO[C@H]1CCN(c2cc(C)nc3cc(OCc4cccc(OC)c4)ccc23)C1.Cl.